The van der Waals surface area contributed by atoms with E-state index < -0.39 is 0 Å². The van der Waals surface area contributed by atoms with E-state index in [4.69, 9.17) is 0 Å². The molecule has 126 valence electrons. The Morgan fingerprint density at radius 3 is 2.78 bits per heavy atom. The maximum Gasteiger partial charge on any atom is 0.230 e. The molecule has 6 heteroatoms. The summed E-state index contributed by atoms with van der Waals surface area (Å²) in [5, 5.41) is 2.86. The standard InChI is InChI=1S/C17H23FN2O2S/c18-14-6-8-15(9-7-14)23-13-16(21)19-10-4-12-20-11-3-1-2-5-17(20)22/h6-9H,1-5,10-13H2,(H,19,21). The number of benzene rings is 1. The minimum atomic E-state index is -0.276. The van der Waals surface area contributed by atoms with E-state index in [-0.39, 0.29) is 17.6 Å². The van der Waals surface area contributed by atoms with Crippen LogP contribution in [0.25, 0.3) is 0 Å². The van der Waals surface area contributed by atoms with Crippen LogP contribution in [0, 0.1) is 5.82 Å². The summed E-state index contributed by atoms with van der Waals surface area (Å²) in [5.74, 6) is 0.234. The van der Waals surface area contributed by atoms with Crippen molar-refractivity contribution >= 4 is 23.6 Å². The molecule has 2 amide bonds. The number of likely N-dealkylation sites (tertiary alicyclic amines) is 1. The average molecular weight is 338 g/mol. The third kappa shape index (κ3) is 6.60. The summed E-state index contributed by atoms with van der Waals surface area (Å²) in [6.07, 6.45) is 4.62. The highest BCUT2D eigenvalue weighted by Gasteiger charge is 2.15. The predicted molar refractivity (Wildman–Crippen MR) is 89.8 cm³/mol. The molecule has 0 atom stereocenters. The largest absolute Gasteiger partial charge is 0.355 e. The first-order valence-electron chi connectivity index (χ1n) is 8.08. The van der Waals surface area contributed by atoms with Gasteiger partial charge in [-0.05, 0) is 43.5 Å². The lowest BCUT2D eigenvalue weighted by Crippen LogP contribution is -2.34. The molecule has 0 aliphatic carbocycles. The van der Waals surface area contributed by atoms with Gasteiger partial charge in [0.2, 0.25) is 11.8 Å². The van der Waals surface area contributed by atoms with Crippen LogP contribution in [0.2, 0.25) is 0 Å². The van der Waals surface area contributed by atoms with Crippen molar-refractivity contribution in [3.05, 3.63) is 30.1 Å². The molecule has 1 aliphatic heterocycles. The van der Waals surface area contributed by atoms with Gasteiger partial charge in [0.1, 0.15) is 5.82 Å². The number of halogens is 1. The zero-order valence-electron chi connectivity index (χ0n) is 13.2. The fourth-order valence-electron chi connectivity index (χ4n) is 2.50. The van der Waals surface area contributed by atoms with Gasteiger partial charge < -0.3 is 10.2 Å². The van der Waals surface area contributed by atoms with E-state index in [1.807, 2.05) is 4.90 Å². The Morgan fingerprint density at radius 2 is 2.00 bits per heavy atom. The number of thioether (sulfide) groups is 1. The first kappa shape index (κ1) is 17.8. The van der Waals surface area contributed by atoms with Gasteiger partial charge in [0.05, 0.1) is 5.75 Å². The van der Waals surface area contributed by atoms with Gasteiger partial charge in [0, 0.05) is 31.0 Å². The molecule has 1 saturated heterocycles. The quantitative estimate of drug-likeness (QED) is 0.614. The zero-order valence-corrected chi connectivity index (χ0v) is 14.0. The normalized spacial score (nSPS) is 15.3. The summed E-state index contributed by atoms with van der Waals surface area (Å²) in [4.78, 5) is 26.4. The Balaban J connectivity index is 1.59. The molecular formula is C17H23FN2O2S. The fourth-order valence-corrected chi connectivity index (χ4v) is 3.23. The van der Waals surface area contributed by atoms with Crippen LogP contribution in [0.5, 0.6) is 0 Å². The number of carbonyl (C=O) groups excluding carboxylic acids is 2. The topological polar surface area (TPSA) is 49.4 Å². The molecule has 1 aromatic rings. The van der Waals surface area contributed by atoms with Gasteiger partial charge in [-0.3, -0.25) is 9.59 Å². The second kappa shape index (κ2) is 9.55. The maximum atomic E-state index is 12.8. The summed E-state index contributed by atoms with van der Waals surface area (Å²) in [7, 11) is 0. The van der Waals surface area contributed by atoms with Crippen LogP contribution in [-0.4, -0.2) is 42.1 Å². The minimum absolute atomic E-state index is 0.0403. The molecule has 1 aromatic carbocycles. The van der Waals surface area contributed by atoms with Gasteiger partial charge in [0.25, 0.3) is 0 Å². The van der Waals surface area contributed by atoms with Crippen molar-refractivity contribution in [3.8, 4) is 0 Å². The number of carbonyl (C=O) groups is 2. The number of amides is 2. The van der Waals surface area contributed by atoms with E-state index >= 15 is 0 Å². The van der Waals surface area contributed by atoms with Crippen molar-refractivity contribution < 1.29 is 14.0 Å². The van der Waals surface area contributed by atoms with Crippen molar-refractivity contribution in [1.29, 1.82) is 0 Å². The Morgan fingerprint density at radius 1 is 1.22 bits per heavy atom. The van der Waals surface area contributed by atoms with Crippen LogP contribution in [0.1, 0.15) is 32.1 Å². The average Bonchev–Trinajstić information content (AvgIpc) is 2.75. The van der Waals surface area contributed by atoms with Gasteiger partial charge in [0.15, 0.2) is 0 Å². The number of nitrogens with zero attached hydrogens (tertiary/aromatic N) is 1. The summed E-state index contributed by atoms with van der Waals surface area (Å²) >= 11 is 1.38. The smallest absolute Gasteiger partial charge is 0.230 e. The zero-order chi connectivity index (χ0) is 16.5. The number of hydrogen-bond acceptors (Lipinski definition) is 3. The van der Waals surface area contributed by atoms with E-state index in [9.17, 15) is 14.0 Å². The van der Waals surface area contributed by atoms with Crippen LogP contribution in [0.4, 0.5) is 4.39 Å². The van der Waals surface area contributed by atoms with Gasteiger partial charge in [-0.1, -0.05) is 6.42 Å². The van der Waals surface area contributed by atoms with Gasteiger partial charge in [-0.2, -0.15) is 0 Å². The molecule has 2 rings (SSSR count). The highest BCUT2D eigenvalue weighted by Crippen LogP contribution is 2.17. The van der Waals surface area contributed by atoms with Crippen LogP contribution in [-0.2, 0) is 9.59 Å². The molecule has 0 spiro atoms. The van der Waals surface area contributed by atoms with Crippen LogP contribution in [0.15, 0.2) is 29.2 Å². The second-order valence-corrected chi connectivity index (χ2v) is 6.69. The summed E-state index contributed by atoms with van der Waals surface area (Å²) in [5.41, 5.74) is 0. The van der Waals surface area contributed by atoms with Crippen molar-refractivity contribution in [2.75, 3.05) is 25.4 Å². The SMILES string of the molecule is O=C(CSc1ccc(F)cc1)NCCCN1CCCCCC1=O. The lowest BCUT2D eigenvalue weighted by Gasteiger charge is -2.20. The lowest BCUT2D eigenvalue weighted by molar-refractivity contribution is -0.130. The first-order chi connectivity index (χ1) is 11.1. The lowest BCUT2D eigenvalue weighted by atomic mass is 10.2. The molecule has 1 fully saturated rings. The summed E-state index contributed by atoms with van der Waals surface area (Å²) in [6, 6.07) is 6.10. The van der Waals surface area contributed by atoms with Crippen LogP contribution >= 0.6 is 11.8 Å². The van der Waals surface area contributed by atoms with Crippen molar-refractivity contribution in [2.24, 2.45) is 0 Å². The Kier molecular flexibility index (Phi) is 7.39. The molecule has 0 saturated carbocycles. The molecule has 4 nitrogen and oxygen atoms in total. The summed E-state index contributed by atoms with van der Waals surface area (Å²) in [6.45, 7) is 2.13. The first-order valence-corrected chi connectivity index (χ1v) is 9.06. The van der Waals surface area contributed by atoms with E-state index in [0.717, 1.165) is 37.1 Å². The second-order valence-electron chi connectivity index (χ2n) is 5.64. The number of rotatable bonds is 7. The van der Waals surface area contributed by atoms with Gasteiger partial charge in [-0.25, -0.2) is 4.39 Å². The molecule has 0 radical (unpaired) electrons. The highest BCUT2D eigenvalue weighted by atomic mass is 32.2. The highest BCUT2D eigenvalue weighted by molar-refractivity contribution is 8.00. The van der Waals surface area contributed by atoms with E-state index in [1.54, 1.807) is 12.1 Å². The molecule has 0 aromatic heterocycles. The van der Waals surface area contributed by atoms with Crippen molar-refractivity contribution in [2.45, 2.75) is 37.0 Å². The monoisotopic (exact) mass is 338 g/mol. The third-order valence-corrected chi connectivity index (χ3v) is 4.79. The molecule has 0 unspecified atom stereocenters. The molecule has 1 aliphatic rings. The third-order valence-electron chi connectivity index (χ3n) is 3.78. The molecule has 1 N–H and O–H groups in total. The molecule has 1 heterocycles. The van der Waals surface area contributed by atoms with Crippen LogP contribution in [0.3, 0.4) is 0 Å². The molecular weight excluding hydrogens is 315 g/mol. The van der Waals surface area contributed by atoms with E-state index in [1.165, 1.54) is 23.9 Å². The maximum absolute atomic E-state index is 12.8. The van der Waals surface area contributed by atoms with E-state index in [0.29, 0.717) is 25.3 Å². The number of hydrogen-bond donors (Lipinski definition) is 1. The van der Waals surface area contributed by atoms with Crippen molar-refractivity contribution in [1.82, 2.24) is 10.2 Å². The Labute approximate surface area is 140 Å². The fraction of sp³-hybridized carbons (Fsp3) is 0.529. The van der Waals surface area contributed by atoms with Crippen LogP contribution < -0.4 is 5.32 Å². The summed E-state index contributed by atoms with van der Waals surface area (Å²) < 4.78 is 12.8. The Bertz CT molecular complexity index is 522. The van der Waals surface area contributed by atoms with Crippen molar-refractivity contribution in [3.63, 3.8) is 0 Å². The van der Waals surface area contributed by atoms with Gasteiger partial charge in [-0.15, -0.1) is 11.8 Å². The minimum Gasteiger partial charge on any atom is -0.355 e. The number of nitrogens with one attached hydrogen (secondary N) is 1. The van der Waals surface area contributed by atoms with Gasteiger partial charge >= 0.3 is 0 Å². The van der Waals surface area contributed by atoms with E-state index in [2.05, 4.69) is 5.32 Å². The predicted octanol–water partition coefficient (Wildman–Crippen LogP) is 2.83. The molecule has 0 bridgehead atoms. The molecule has 23 heavy (non-hydrogen) atoms. The Hall–Kier alpha value is -1.56.